The van der Waals surface area contributed by atoms with Crippen LogP contribution < -0.4 is 31.8 Å². The van der Waals surface area contributed by atoms with E-state index in [1.54, 1.807) is 20.8 Å². The first-order valence-corrected chi connectivity index (χ1v) is 32.8. The van der Waals surface area contributed by atoms with E-state index in [2.05, 4.69) is 182 Å². The van der Waals surface area contributed by atoms with E-state index >= 15 is 0 Å². The van der Waals surface area contributed by atoms with Gasteiger partial charge < -0.3 is 52.4 Å². The summed E-state index contributed by atoms with van der Waals surface area (Å²) >= 11 is 28.8. The molecule has 6 rings (SSSR count). The summed E-state index contributed by atoms with van der Waals surface area (Å²) in [5, 5.41) is 36.3. The number of alkyl halides is 6. The molecule has 0 aliphatic carbocycles. The van der Waals surface area contributed by atoms with Crippen molar-refractivity contribution in [3.63, 3.8) is 0 Å². The fourth-order valence-corrected chi connectivity index (χ4v) is 18.6. The van der Waals surface area contributed by atoms with Crippen LogP contribution >= 0.6 is 101 Å². The molecule has 3 atom stereocenters. The van der Waals surface area contributed by atoms with Gasteiger partial charge in [0.1, 0.15) is 0 Å². The van der Waals surface area contributed by atoms with E-state index in [4.69, 9.17) is 104 Å². The maximum Gasteiger partial charge on any atom is 1.00 e. The molecule has 0 radical (unpaired) electrons. The second-order valence-corrected chi connectivity index (χ2v) is 32.2. The standard InChI is InChI=1S/C37H31P3.3C7H11O.2CHCl3.3Au.Cu.F6P/c1-7-19-31(20-8-1)38(32-21-9-2-10-22-32)37(39(33-23-11-3-12-24-33)34-25-13-4-14-26-34)40(35-27-15-5-16-28-35)36-29-17-6-18-30-36;3*1-5-7(4,8)6(2)3;2*2-1(3)4;;;;;1-7(2,3,4,5)6/h1-30,37H;3*6,8H,2-4H3;2*1H;;;;;/q;3*-1;;;4*+1;-1/t;3*7-;;;;;;;/m.110......./s1. The largest absolute Gasteiger partial charge is 1.00 e. The molecule has 3 N–H and O–H groups in total. The van der Waals surface area contributed by atoms with Crippen molar-refractivity contribution in [2.45, 2.75) is 92.8 Å². The van der Waals surface area contributed by atoms with E-state index in [0.29, 0.717) is 5.14 Å². The number of rotatable bonds is 12. The van der Waals surface area contributed by atoms with Gasteiger partial charge in [0.15, 0.2) is 8.59 Å². The molecular weight excluding hydrogens is 1870 g/mol. The van der Waals surface area contributed by atoms with Crippen molar-refractivity contribution in [2.75, 3.05) is 0 Å². The van der Waals surface area contributed by atoms with E-state index < -0.39 is 57.0 Å². The van der Waals surface area contributed by atoms with Gasteiger partial charge in [-0.05, 0) is 94.1 Å². The summed E-state index contributed by atoms with van der Waals surface area (Å²) in [6.45, 7) is 15.8. The smallest absolute Gasteiger partial charge is 0.691 e. The number of aliphatic hydroxyl groups is 3. The third-order valence-corrected chi connectivity index (χ3v) is 21.7. The molecule has 0 saturated heterocycles. The van der Waals surface area contributed by atoms with Gasteiger partial charge in [-0.25, -0.2) is 0 Å². The Bertz CT molecular complexity index is 2330. The van der Waals surface area contributed by atoms with E-state index in [1.807, 2.05) is 59.3 Å². The molecule has 0 amide bonds. The summed E-state index contributed by atoms with van der Waals surface area (Å²) in [5.41, 5.74) is -3.13. The van der Waals surface area contributed by atoms with Crippen LogP contribution in [0.1, 0.15) is 62.3 Å². The molecule has 0 bridgehead atoms. The first-order valence-electron chi connectivity index (χ1n) is 23.9. The number of hydrogen-bond acceptors (Lipinski definition) is 3. The fourth-order valence-electron chi connectivity index (χ4n) is 5.56. The van der Waals surface area contributed by atoms with Crippen molar-refractivity contribution >= 4 is 133 Å². The summed E-state index contributed by atoms with van der Waals surface area (Å²) in [6, 6.07) is 67.7. The monoisotopic (exact) mass is 1940 g/mol. The molecule has 83 heavy (non-hydrogen) atoms. The zero-order chi connectivity index (χ0) is 60.9. The zero-order valence-electron chi connectivity index (χ0n) is 46.2. The molecule has 6 aromatic carbocycles. The second-order valence-electron chi connectivity index (χ2n) is 18.2. The Morgan fingerprint density at radius 2 is 0.470 bits per heavy atom. The van der Waals surface area contributed by atoms with Gasteiger partial charge in [-0.15, -0.1) is 0 Å². The minimum Gasteiger partial charge on any atom is -0.691 e. The molecule has 6 aromatic rings. The Morgan fingerprint density at radius 3 is 0.542 bits per heavy atom. The van der Waals surface area contributed by atoms with Crippen LogP contribution in [0.4, 0.5) is 25.2 Å². The van der Waals surface area contributed by atoms with Crippen LogP contribution in [-0.4, -0.2) is 45.9 Å². The van der Waals surface area contributed by atoms with Gasteiger partial charge in [0.2, 0.25) is 0 Å². The van der Waals surface area contributed by atoms with Crippen molar-refractivity contribution in [1.29, 1.82) is 0 Å². The summed E-state index contributed by atoms with van der Waals surface area (Å²) in [7, 11) is -12.8. The van der Waals surface area contributed by atoms with Crippen molar-refractivity contribution in [1.82, 2.24) is 0 Å². The molecule has 3 nitrogen and oxygen atoms in total. The van der Waals surface area contributed by atoms with Gasteiger partial charge in [0.25, 0.3) is 0 Å². The molecule has 0 aliphatic heterocycles. The van der Waals surface area contributed by atoms with Crippen LogP contribution in [0.3, 0.4) is 0 Å². The molecule has 0 spiro atoms. The van der Waals surface area contributed by atoms with Crippen LogP contribution in [-0.2, 0) is 84.2 Å². The summed E-state index contributed by atoms with van der Waals surface area (Å²) in [6.07, 6.45) is 19.9. The summed E-state index contributed by atoms with van der Waals surface area (Å²) in [4.78, 5) is 0. The minimum atomic E-state index is -10.7. The normalized spacial score (nSPS) is 13.4. The fraction of sp³-hybridized carbons (Fsp3) is 0.300. The van der Waals surface area contributed by atoms with Gasteiger partial charge in [0.05, 0.1) is 16.8 Å². The van der Waals surface area contributed by atoms with Crippen molar-refractivity contribution in [3.05, 3.63) is 201 Å². The molecule has 0 aromatic heterocycles. The maximum atomic E-state index is 9.87. The van der Waals surface area contributed by atoms with Crippen molar-refractivity contribution in [2.24, 2.45) is 17.8 Å². The van der Waals surface area contributed by atoms with Crippen LogP contribution in [0.15, 0.2) is 182 Å². The topological polar surface area (TPSA) is 60.7 Å². The summed E-state index contributed by atoms with van der Waals surface area (Å²) in [5.74, 6) is 6.35. The Morgan fingerprint density at radius 1 is 0.361 bits per heavy atom. The van der Waals surface area contributed by atoms with Gasteiger partial charge in [-0.3, -0.25) is 0 Å². The van der Waals surface area contributed by atoms with E-state index in [9.17, 15) is 25.2 Å². The predicted molar refractivity (Wildman–Crippen MR) is 335 cm³/mol. The third kappa shape index (κ3) is 42.3. The molecular formula is C60H66Au3Cl6CuF6O3P4. The zero-order valence-corrected chi connectivity index (χ0v) is 61.7. The Balaban J connectivity index is -0.000000385. The summed E-state index contributed by atoms with van der Waals surface area (Å²) < 4.78 is 57.7. The van der Waals surface area contributed by atoms with Crippen LogP contribution in [0.5, 0.6) is 0 Å². The first kappa shape index (κ1) is 91.4. The molecule has 472 valence electrons. The first-order chi connectivity index (χ1) is 36.3. The molecule has 23 heteroatoms. The van der Waals surface area contributed by atoms with E-state index in [1.165, 1.54) is 31.8 Å². The molecule has 0 saturated carbocycles. The van der Waals surface area contributed by atoms with Crippen LogP contribution in [0, 0.1) is 54.8 Å². The Labute approximate surface area is 581 Å². The van der Waals surface area contributed by atoms with E-state index in [-0.39, 0.29) is 102 Å². The molecule has 0 unspecified atom stereocenters. The average molecular weight is 1940 g/mol. The quantitative estimate of drug-likeness (QED) is 0.0286. The van der Waals surface area contributed by atoms with Gasteiger partial charge in [-0.1, -0.05) is 293 Å². The van der Waals surface area contributed by atoms with Gasteiger partial charge in [0, 0.05) is 5.14 Å². The van der Waals surface area contributed by atoms with Crippen molar-refractivity contribution < 1.29 is 125 Å². The second kappa shape index (κ2) is 43.4. The van der Waals surface area contributed by atoms with E-state index in [0.717, 1.165) is 0 Å². The molecule has 0 heterocycles. The number of benzene rings is 6. The van der Waals surface area contributed by atoms with Gasteiger partial charge >= 0.3 is 117 Å². The molecule has 0 aliphatic rings. The molecule has 0 fully saturated rings. The Hall–Kier alpha value is -0.340. The van der Waals surface area contributed by atoms with Crippen LogP contribution in [0.25, 0.3) is 0 Å². The SMILES string of the molecule is ClC(Cl)Cl.ClC(Cl)Cl.F[P-](F)(F)(F)(F)F.[Au+].[Au+].[Au+].[C-]#C[C@@](C)(O)C(C)C.[C-]#C[C@@](C)(O)C(C)C.[C-]#C[C@](C)(O)C(C)C.[Cu+].c1ccc(P(c2ccccc2)C(P(c2ccccc2)c2ccccc2)P(c2ccccc2)c2ccccc2)cc1. The number of hydrogen-bond donors (Lipinski definition) is 3. The number of halogens is 12. The van der Waals surface area contributed by atoms with Crippen LogP contribution in [0.2, 0.25) is 0 Å². The van der Waals surface area contributed by atoms with Crippen molar-refractivity contribution in [3.8, 4) is 17.8 Å². The average Bonchev–Trinajstić information content (AvgIpc) is 3.37. The third-order valence-electron chi connectivity index (χ3n) is 11.0. The van der Waals surface area contributed by atoms with Gasteiger partial charge in [-0.2, -0.15) is 0 Å². The maximum absolute atomic E-state index is 10.7. The predicted octanol–water partition coefficient (Wildman–Crippen LogP) is 18.0. The minimum absolute atomic E-state index is 0. The Kier molecular flexibility index (Phi) is 47.8.